The first-order valence-electron chi connectivity index (χ1n) is 7.77. The Morgan fingerprint density at radius 2 is 2.22 bits per heavy atom. The van der Waals surface area contributed by atoms with Crippen LogP contribution in [0.5, 0.6) is 0 Å². The first-order valence-corrected chi connectivity index (χ1v) is 7.77. The average molecular weight is 321 g/mol. The molecule has 1 aliphatic heterocycles. The average Bonchev–Trinajstić information content (AvgIpc) is 2.50. The second-order valence-electron chi connectivity index (χ2n) is 6.04. The number of nitro benzene ring substituents is 1. The number of hydrogen-bond acceptors (Lipinski definition) is 5. The Bertz CT molecular complexity index is 591. The molecule has 2 atom stereocenters. The monoisotopic (exact) mass is 321 g/mol. The van der Waals surface area contributed by atoms with Crippen molar-refractivity contribution in [1.29, 1.82) is 0 Å². The number of anilines is 1. The molecule has 2 rings (SSSR count). The minimum Gasteiger partial charge on any atom is -0.376 e. The molecular formula is C16H23N3O4. The Hall–Kier alpha value is -1.99. The molecule has 1 saturated heterocycles. The summed E-state index contributed by atoms with van der Waals surface area (Å²) in [6.07, 6.45) is 0.569. The molecule has 0 unspecified atom stereocenters. The predicted octanol–water partition coefficient (Wildman–Crippen LogP) is 2.34. The lowest BCUT2D eigenvalue weighted by Gasteiger charge is -2.36. The topological polar surface area (TPSA) is 84.7 Å². The molecule has 1 aromatic carbocycles. The Morgan fingerprint density at radius 3 is 2.87 bits per heavy atom. The molecule has 23 heavy (non-hydrogen) atoms. The van der Waals surface area contributed by atoms with Gasteiger partial charge < -0.3 is 10.1 Å². The van der Waals surface area contributed by atoms with Crippen LogP contribution in [0.2, 0.25) is 0 Å². The van der Waals surface area contributed by atoms with Gasteiger partial charge in [-0.15, -0.1) is 0 Å². The molecule has 1 amide bonds. The van der Waals surface area contributed by atoms with Crippen molar-refractivity contribution in [2.45, 2.75) is 39.3 Å². The van der Waals surface area contributed by atoms with Gasteiger partial charge >= 0.3 is 0 Å². The van der Waals surface area contributed by atoms with E-state index in [9.17, 15) is 14.9 Å². The molecule has 0 saturated carbocycles. The van der Waals surface area contributed by atoms with Gasteiger partial charge in [-0.25, -0.2) is 0 Å². The van der Waals surface area contributed by atoms with Crippen molar-refractivity contribution in [2.75, 3.05) is 25.0 Å². The molecule has 0 aliphatic carbocycles. The SMILES string of the molecule is Cc1cc([N+](=O)[O-])ccc1NC(=O)CCN1C[C@@H](C)OC[C@@H]1C. The van der Waals surface area contributed by atoms with Crippen LogP contribution in [0.25, 0.3) is 0 Å². The van der Waals surface area contributed by atoms with Crippen molar-refractivity contribution >= 4 is 17.3 Å². The maximum atomic E-state index is 12.1. The summed E-state index contributed by atoms with van der Waals surface area (Å²) in [7, 11) is 0. The first-order chi connectivity index (χ1) is 10.9. The molecule has 1 N–H and O–H groups in total. The maximum Gasteiger partial charge on any atom is 0.269 e. The molecule has 126 valence electrons. The summed E-state index contributed by atoms with van der Waals surface area (Å²) in [6.45, 7) is 8.04. The number of carbonyl (C=O) groups excluding carboxylic acids is 1. The Labute approximate surface area is 135 Å². The number of hydrogen-bond donors (Lipinski definition) is 1. The van der Waals surface area contributed by atoms with E-state index in [-0.39, 0.29) is 17.7 Å². The number of non-ortho nitro benzene ring substituents is 1. The molecule has 7 heteroatoms. The summed E-state index contributed by atoms with van der Waals surface area (Å²) in [5.41, 5.74) is 1.32. The first kappa shape index (κ1) is 17.4. The van der Waals surface area contributed by atoms with Gasteiger partial charge in [0.1, 0.15) is 0 Å². The van der Waals surface area contributed by atoms with Crippen molar-refractivity contribution < 1.29 is 14.5 Å². The second-order valence-corrected chi connectivity index (χ2v) is 6.04. The smallest absolute Gasteiger partial charge is 0.269 e. The summed E-state index contributed by atoms with van der Waals surface area (Å²) in [6, 6.07) is 4.74. The van der Waals surface area contributed by atoms with E-state index in [0.717, 1.165) is 6.54 Å². The van der Waals surface area contributed by atoms with Gasteiger partial charge in [0, 0.05) is 43.4 Å². The highest BCUT2D eigenvalue weighted by Gasteiger charge is 2.23. The highest BCUT2D eigenvalue weighted by molar-refractivity contribution is 5.91. The van der Waals surface area contributed by atoms with Crippen LogP contribution in [0.1, 0.15) is 25.8 Å². The molecule has 1 aliphatic rings. The summed E-state index contributed by atoms with van der Waals surface area (Å²) in [5, 5.41) is 13.5. The van der Waals surface area contributed by atoms with Gasteiger partial charge in [-0.2, -0.15) is 0 Å². The van der Waals surface area contributed by atoms with E-state index in [1.165, 1.54) is 12.1 Å². The summed E-state index contributed by atoms with van der Waals surface area (Å²) >= 11 is 0. The zero-order valence-electron chi connectivity index (χ0n) is 13.7. The predicted molar refractivity (Wildman–Crippen MR) is 87.5 cm³/mol. The molecule has 1 aromatic rings. The van der Waals surface area contributed by atoms with Crippen LogP contribution in [0.15, 0.2) is 18.2 Å². The third-order valence-electron chi connectivity index (χ3n) is 4.06. The van der Waals surface area contributed by atoms with E-state index in [0.29, 0.717) is 36.9 Å². The number of aryl methyl sites for hydroxylation is 1. The highest BCUT2D eigenvalue weighted by Crippen LogP contribution is 2.21. The molecule has 1 fully saturated rings. The van der Waals surface area contributed by atoms with Crippen molar-refractivity contribution in [3.8, 4) is 0 Å². The molecular weight excluding hydrogens is 298 g/mol. The van der Waals surface area contributed by atoms with Gasteiger partial charge in [0.25, 0.3) is 5.69 Å². The zero-order valence-corrected chi connectivity index (χ0v) is 13.7. The van der Waals surface area contributed by atoms with Crippen molar-refractivity contribution in [1.82, 2.24) is 4.90 Å². The number of nitrogens with zero attached hydrogens (tertiary/aromatic N) is 2. The fourth-order valence-electron chi connectivity index (χ4n) is 2.64. The summed E-state index contributed by atoms with van der Waals surface area (Å²) in [4.78, 5) is 24.6. The number of ether oxygens (including phenoxy) is 1. The lowest BCUT2D eigenvalue weighted by Crippen LogP contribution is -2.48. The number of rotatable bonds is 5. The Kier molecular flexibility index (Phi) is 5.68. The van der Waals surface area contributed by atoms with Crippen LogP contribution in [0.4, 0.5) is 11.4 Å². The number of morpholine rings is 1. The van der Waals surface area contributed by atoms with Crippen molar-refractivity contribution in [2.24, 2.45) is 0 Å². The largest absolute Gasteiger partial charge is 0.376 e. The second kappa shape index (κ2) is 7.52. The number of amides is 1. The molecule has 0 spiro atoms. The molecule has 0 aromatic heterocycles. The van der Waals surface area contributed by atoms with Gasteiger partial charge in [0.2, 0.25) is 5.91 Å². The van der Waals surface area contributed by atoms with E-state index in [2.05, 4.69) is 17.1 Å². The van der Waals surface area contributed by atoms with Gasteiger partial charge in [0.15, 0.2) is 0 Å². The fourth-order valence-corrected chi connectivity index (χ4v) is 2.64. The molecule has 7 nitrogen and oxygen atoms in total. The van der Waals surface area contributed by atoms with E-state index >= 15 is 0 Å². The minimum absolute atomic E-state index is 0.0247. The van der Waals surface area contributed by atoms with Gasteiger partial charge in [0.05, 0.1) is 17.6 Å². The lowest BCUT2D eigenvalue weighted by molar-refractivity contribution is -0.384. The Morgan fingerprint density at radius 1 is 1.48 bits per heavy atom. The normalized spacial score (nSPS) is 21.9. The number of nitrogens with one attached hydrogen (secondary N) is 1. The number of nitro groups is 1. The molecule has 1 heterocycles. The van der Waals surface area contributed by atoms with Crippen LogP contribution in [0.3, 0.4) is 0 Å². The zero-order chi connectivity index (χ0) is 17.0. The highest BCUT2D eigenvalue weighted by atomic mass is 16.6. The van der Waals surface area contributed by atoms with E-state index in [1.54, 1.807) is 13.0 Å². The maximum absolute atomic E-state index is 12.1. The van der Waals surface area contributed by atoms with E-state index in [4.69, 9.17) is 4.74 Å². The number of benzene rings is 1. The van der Waals surface area contributed by atoms with Gasteiger partial charge in [-0.05, 0) is 32.4 Å². The molecule has 0 bridgehead atoms. The van der Waals surface area contributed by atoms with Crippen LogP contribution >= 0.6 is 0 Å². The van der Waals surface area contributed by atoms with E-state index in [1.807, 2.05) is 6.92 Å². The van der Waals surface area contributed by atoms with Crippen LogP contribution in [-0.4, -0.2) is 47.6 Å². The third-order valence-corrected chi connectivity index (χ3v) is 4.06. The summed E-state index contributed by atoms with van der Waals surface area (Å²) < 4.78 is 5.57. The third kappa shape index (κ3) is 4.74. The fraction of sp³-hybridized carbons (Fsp3) is 0.562. The van der Waals surface area contributed by atoms with Crippen LogP contribution in [0, 0.1) is 17.0 Å². The Balaban J connectivity index is 1.88. The number of carbonyl (C=O) groups is 1. The van der Waals surface area contributed by atoms with Crippen molar-refractivity contribution in [3.63, 3.8) is 0 Å². The van der Waals surface area contributed by atoms with Crippen LogP contribution < -0.4 is 5.32 Å². The van der Waals surface area contributed by atoms with E-state index < -0.39 is 4.92 Å². The van der Waals surface area contributed by atoms with Crippen molar-refractivity contribution in [3.05, 3.63) is 33.9 Å². The van der Waals surface area contributed by atoms with Crippen LogP contribution in [-0.2, 0) is 9.53 Å². The van der Waals surface area contributed by atoms with Gasteiger partial charge in [-0.1, -0.05) is 0 Å². The molecule has 0 radical (unpaired) electrons. The standard InChI is InChI=1S/C16H23N3O4/c1-11-8-14(19(21)22)4-5-15(11)17-16(20)6-7-18-9-13(3)23-10-12(18)2/h4-5,8,12-13H,6-7,9-10H2,1-3H3,(H,17,20)/t12-,13+/m0/s1. The summed E-state index contributed by atoms with van der Waals surface area (Å²) in [5.74, 6) is -0.0895. The quantitative estimate of drug-likeness (QED) is 0.664. The lowest BCUT2D eigenvalue weighted by atomic mass is 10.1. The van der Waals surface area contributed by atoms with Gasteiger partial charge in [-0.3, -0.25) is 19.8 Å². The minimum atomic E-state index is -0.445.